The van der Waals surface area contributed by atoms with Gasteiger partial charge in [-0.1, -0.05) is 5.92 Å². The third kappa shape index (κ3) is 0.881. The van der Waals surface area contributed by atoms with E-state index in [1.807, 2.05) is 6.92 Å². The molecule has 0 saturated heterocycles. The predicted molar refractivity (Wildman–Crippen MR) is 37.1 cm³/mol. The Hall–Kier alpha value is -0.970. The molecule has 0 aliphatic heterocycles. The van der Waals surface area contributed by atoms with Crippen molar-refractivity contribution in [3.8, 4) is 12.3 Å². The van der Waals surface area contributed by atoms with E-state index in [1.54, 1.807) is 0 Å². The molecule has 0 amide bonds. The Morgan fingerprint density at radius 2 is 2.50 bits per heavy atom. The first-order chi connectivity index (χ1) is 4.64. The molecule has 0 aromatic carbocycles. The molecule has 1 fully saturated rings. The van der Waals surface area contributed by atoms with Crippen molar-refractivity contribution in [2.45, 2.75) is 13.3 Å². The molecule has 1 aliphatic rings. The average molecular weight is 138 g/mol. The Kier molecular flexibility index (Phi) is 1.44. The summed E-state index contributed by atoms with van der Waals surface area (Å²) in [5.41, 5.74) is -0.215. The Balaban J connectivity index is 2.54. The zero-order valence-electron chi connectivity index (χ0n) is 6.18. The van der Waals surface area contributed by atoms with Crippen LogP contribution in [0.15, 0.2) is 0 Å². The second kappa shape index (κ2) is 2.02. The highest BCUT2D eigenvalue weighted by atomic mass is 16.5. The molecular formula is C8H10O2. The van der Waals surface area contributed by atoms with Gasteiger partial charge in [0.1, 0.15) is 0 Å². The van der Waals surface area contributed by atoms with E-state index in [4.69, 9.17) is 6.42 Å². The summed E-state index contributed by atoms with van der Waals surface area (Å²) in [6.07, 6.45) is 5.97. The molecule has 10 heavy (non-hydrogen) atoms. The molecule has 0 N–H and O–H groups in total. The summed E-state index contributed by atoms with van der Waals surface area (Å²) in [6.45, 7) is 1.90. The van der Waals surface area contributed by atoms with Crippen LogP contribution >= 0.6 is 0 Å². The lowest BCUT2D eigenvalue weighted by atomic mass is 10.1. The molecule has 0 radical (unpaired) electrons. The van der Waals surface area contributed by atoms with Crippen LogP contribution in [0.2, 0.25) is 0 Å². The molecule has 0 bridgehead atoms. The largest absolute Gasteiger partial charge is 0.469 e. The number of methoxy groups -OCH3 is 1. The van der Waals surface area contributed by atoms with Gasteiger partial charge in [-0.25, -0.2) is 0 Å². The molecule has 0 unspecified atom stereocenters. The minimum atomic E-state index is -0.215. The SMILES string of the molecule is C#C[C@]1(C)C[C@H]1C(=O)OC. The molecule has 2 nitrogen and oxygen atoms in total. The third-order valence-corrected chi connectivity index (χ3v) is 2.05. The first-order valence-corrected chi connectivity index (χ1v) is 3.19. The van der Waals surface area contributed by atoms with Gasteiger partial charge in [-0.15, -0.1) is 6.42 Å². The Morgan fingerprint density at radius 1 is 1.90 bits per heavy atom. The van der Waals surface area contributed by atoms with Gasteiger partial charge in [0.25, 0.3) is 0 Å². The first kappa shape index (κ1) is 7.14. The zero-order valence-corrected chi connectivity index (χ0v) is 6.18. The monoisotopic (exact) mass is 138 g/mol. The van der Waals surface area contributed by atoms with E-state index >= 15 is 0 Å². The number of hydrogen-bond donors (Lipinski definition) is 0. The van der Waals surface area contributed by atoms with E-state index in [2.05, 4.69) is 10.7 Å². The van der Waals surface area contributed by atoms with E-state index in [0.717, 1.165) is 6.42 Å². The lowest BCUT2D eigenvalue weighted by Crippen LogP contribution is -2.08. The lowest BCUT2D eigenvalue weighted by Gasteiger charge is -1.98. The van der Waals surface area contributed by atoms with Crippen molar-refractivity contribution in [3.63, 3.8) is 0 Å². The summed E-state index contributed by atoms with van der Waals surface area (Å²) in [7, 11) is 1.39. The zero-order chi connectivity index (χ0) is 7.78. The van der Waals surface area contributed by atoms with E-state index in [9.17, 15) is 4.79 Å². The fraction of sp³-hybridized carbons (Fsp3) is 0.625. The number of ether oxygens (including phenoxy) is 1. The Morgan fingerprint density at radius 3 is 2.80 bits per heavy atom. The van der Waals surface area contributed by atoms with Crippen LogP contribution in [0.1, 0.15) is 13.3 Å². The highest BCUT2D eigenvalue weighted by Gasteiger charge is 2.54. The van der Waals surface area contributed by atoms with Crippen LogP contribution in [0.3, 0.4) is 0 Å². The third-order valence-electron chi connectivity index (χ3n) is 2.05. The van der Waals surface area contributed by atoms with Crippen molar-refractivity contribution in [1.82, 2.24) is 0 Å². The standard InChI is InChI=1S/C8H10O2/c1-4-8(2)5-6(8)7(9)10-3/h1,6H,5H2,2-3H3/t6-,8+/m0/s1. The molecule has 2 atom stereocenters. The van der Waals surface area contributed by atoms with Crippen LogP contribution in [-0.2, 0) is 9.53 Å². The van der Waals surface area contributed by atoms with Crippen LogP contribution in [0.25, 0.3) is 0 Å². The fourth-order valence-corrected chi connectivity index (χ4v) is 1.01. The summed E-state index contributed by atoms with van der Waals surface area (Å²) in [6, 6.07) is 0. The fourth-order valence-electron chi connectivity index (χ4n) is 1.01. The molecule has 54 valence electrons. The van der Waals surface area contributed by atoms with Crippen molar-refractivity contribution in [2.24, 2.45) is 11.3 Å². The quantitative estimate of drug-likeness (QED) is 0.396. The second-order valence-electron chi connectivity index (χ2n) is 2.84. The number of hydrogen-bond acceptors (Lipinski definition) is 2. The first-order valence-electron chi connectivity index (χ1n) is 3.19. The van der Waals surface area contributed by atoms with Crippen molar-refractivity contribution >= 4 is 5.97 Å². The molecule has 0 heterocycles. The van der Waals surface area contributed by atoms with Gasteiger partial charge < -0.3 is 4.74 Å². The number of carbonyl (C=O) groups is 1. The van der Waals surface area contributed by atoms with Crippen molar-refractivity contribution in [2.75, 3.05) is 7.11 Å². The number of esters is 1. The van der Waals surface area contributed by atoms with Gasteiger partial charge in [0.2, 0.25) is 0 Å². The van der Waals surface area contributed by atoms with E-state index < -0.39 is 0 Å². The Bertz CT molecular complexity index is 202. The number of carbonyl (C=O) groups excluding carboxylic acids is 1. The smallest absolute Gasteiger partial charge is 0.310 e. The van der Waals surface area contributed by atoms with Gasteiger partial charge >= 0.3 is 5.97 Å². The maximum absolute atomic E-state index is 10.8. The van der Waals surface area contributed by atoms with Gasteiger partial charge in [0.05, 0.1) is 13.0 Å². The topological polar surface area (TPSA) is 26.3 Å². The van der Waals surface area contributed by atoms with E-state index in [0.29, 0.717) is 0 Å². The lowest BCUT2D eigenvalue weighted by molar-refractivity contribution is -0.142. The highest BCUT2D eigenvalue weighted by molar-refractivity contribution is 5.77. The minimum Gasteiger partial charge on any atom is -0.469 e. The summed E-state index contributed by atoms with van der Waals surface area (Å²) < 4.78 is 4.54. The highest BCUT2D eigenvalue weighted by Crippen LogP contribution is 2.51. The molecule has 1 rings (SSSR count). The van der Waals surface area contributed by atoms with Gasteiger partial charge in [-0.2, -0.15) is 0 Å². The molecular weight excluding hydrogens is 128 g/mol. The van der Waals surface area contributed by atoms with Crippen molar-refractivity contribution in [1.29, 1.82) is 0 Å². The van der Waals surface area contributed by atoms with Crippen molar-refractivity contribution in [3.05, 3.63) is 0 Å². The Labute approximate surface area is 60.6 Å². The normalized spacial score (nSPS) is 36.3. The number of terminal acetylenes is 1. The van der Waals surface area contributed by atoms with Crippen LogP contribution in [0.4, 0.5) is 0 Å². The summed E-state index contributed by atoms with van der Waals surface area (Å²) in [4.78, 5) is 10.8. The average Bonchev–Trinajstić information content (AvgIpc) is 2.62. The summed E-state index contributed by atoms with van der Waals surface area (Å²) >= 11 is 0. The molecule has 1 aliphatic carbocycles. The molecule has 0 spiro atoms. The van der Waals surface area contributed by atoms with Gasteiger partial charge in [-0.05, 0) is 13.3 Å². The van der Waals surface area contributed by atoms with Gasteiger partial charge in [-0.3, -0.25) is 4.79 Å². The van der Waals surface area contributed by atoms with Gasteiger partial charge in [0, 0.05) is 5.41 Å². The van der Waals surface area contributed by atoms with E-state index in [-0.39, 0.29) is 17.3 Å². The molecule has 1 saturated carbocycles. The van der Waals surface area contributed by atoms with Crippen LogP contribution in [0, 0.1) is 23.7 Å². The minimum absolute atomic E-state index is 0.0532. The molecule has 2 heteroatoms. The predicted octanol–water partition coefficient (Wildman–Crippen LogP) is 0.819. The van der Waals surface area contributed by atoms with E-state index in [1.165, 1.54) is 7.11 Å². The van der Waals surface area contributed by atoms with Crippen LogP contribution < -0.4 is 0 Å². The molecule has 0 aromatic rings. The van der Waals surface area contributed by atoms with Gasteiger partial charge in [0.15, 0.2) is 0 Å². The number of rotatable bonds is 1. The second-order valence-corrected chi connectivity index (χ2v) is 2.84. The van der Waals surface area contributed by atoms with Crippen molar-refractivity contribution < 1.29 is 9.53 Å². The summed E-state index contributed by atoms with van der Waals surface area (Å²) in [5.74, 6) is 2.35. The van der Waals surface area contributed by atoms with Crippen LogP contribution in [-0.4, -0.2) is 13.1 Å². The summed E-state index contributed by atoms with van der Waals surface area (Å²) in [5, 5.41) is 0. The maximum Gasteiger partial charge on any atom is 0.310 e. The molecule has 0 aromatic heterocycles. The van der Waals surface area contributed by atoms with Crippen LogP contribution in [0.5, 0.6) is 0 Å². The maximum atomic E-state index is 10.8.